The van der Waals surface area contributed by atoms with Crippen LogP contribution >= 0.6 is 0 Å². The number of carbonyl (C=O) groups excluding carboxylic acids is 1. The fraction of sp³-hybridized carbons (Fsp3) is 0.412. The van der Waals surface area contributed by atoms with Crippen molar-refractivity contribution in [2.24, 2.45) is 0 Å². The van der Waals surface area contributed by atoms with E-state index in [1.807, 2.05) is 20.8 Å². The van der Waals surface area contributed by atoms with Gasteiger partial charge in [0.05, 0.1) is 17.5 Å². The first-order valence-electron chi connectivity index (χ1n) is 7.64. The molecule has 0 radical (unpaired) electrons. The minimum atomic E-state index is -0.970. The summed E-state index contributed by atoms with van der Waals surface area (Å²) in [4.78, 5) is 27.5. The van der Waals surface area contributed by atoms with Crippen LogP contribution in [0, 0.1) is 0 Å². The maximum atomic E-state index is 12.4. The van der Waals surface area contributed by atoms with Crippen molar-refractivity contribution in [1.82, 2.24) is 15.5 Å². The first-order chi connectivity index (χ1) is 11.2. The van der Waals surface area contributed by atoms with Gasteiger partial charge in [-0.2, -0.15) is 4.98 Å². The molecule has 0 saturated carbocycles. The van der Waals surface area contributed by atoms with Crippen LogP contribution in [0.3, 0.4) is 0 Å². The molecule has 1 atom stereocenters. The van der Waals surface area contributed by atoms with Gasteiger partial charge in [-0.3, -0.25) is 9.59 Å². The number of aliphatic carboxylic acids is 1. The Labute approximate surface area is 140 Å². The molecule has 1 aromatic heterocycles. The van der Waals surface area contributed by atoms with Crippen LogP contribution in [0.25, 0.3) is 11.5 Å². The number of aromatic nitrogens is 2. The van der Waals surface area contributed by atoms with Crippen molar-refractivity contribution in [1.29, 1.82) is 0 Å². The zero-order chi connectivity index (χ0) is 17.9. The monoisotopic (exact) mass is 331 g/mol. The van der Waals surface area contributed by atoms with Crippen LogP contribution < -0.4 is 5.32 Å². The highest BCUT2D eigenvalue weighted by Gasteiger charge is 2.24. The number of hydrogen-bond acceptors (Lipinski definition) is 5. The van der Waals surface area contributed by atoms with E-state index in [4.69, 9.17) is 9.63 Å². The van der Waals surface area contributed by atoms with E-state index in [0.29, 0.717) is 17.0 Å². The lowest BCUT2D eigenvalue weighted by Gasteiger charge is -2.13. The summed E-state index contributed by atoms with van der Waals surface area (Å²) in [6.07, 6.45) is -0.150. The SMILES string of the molecule is CC(CC(=O)O)NC(=O)c1ccccc1-c1nc(C(C)(C)C)no1. The number of carboxylic acid groups (broad SMARTS) is 1. The Kier molecular flexibility index (Phi) is 5.02. The van der Waals surface area contributed by atoms with Gasteiger partial charge in [0, 0.05) is 11.5 Å². The van der Waals surface area contributed by atoms with Gasteiger partial charge in [0.15, 0.2) is 5.82 Å². The van der Waals surface area contributed by atoms with Crippen LogP contribution in [0.2, 0.25) is 0 Å². The number of carboxylic acids is 1. The van der Waals surface area contributed by atoms with Crippen LogP contribution in [0.15, 0.2) is 28.8 Å². The Morgan fingerprint density at radius 3 is 2.54 bits per heavy atom. The first-order valence-corrected chi connectivity index (χ1v) is 7.64. The molecule has 0 fully saturated rings. The fourth-order valence-corrected chi connectivity index (χ4v) is 2.12. The van der Waals surface area contributed by atoms with Crippen LogP contribution in [0.4, 0.5) is 0 Å². The Morgan fingerprint density at radius 1 is 1.29 bits per heavy atom. The highest BCUT2D eigenvalue weighted by molar-refractivity contribution is 6.00. The molecule has 0 aliphatic heterocycles. The van der Waals surface area contributed by atoms with Crippen LogP contribution in [0.5, 0.6) is 0 Å². The van der Waals surface area contributed by atoms with Gasteiger partial charge in [-0.15, -0.1) is 0 Å². The Morgan fingerprint density at radius 2 is 1.96 bits per heavy atom. The predicted molar refractivity (Wildman–Crippen MR) is 87.6 cm³/mol. The van der Waals surface area contributed by atoms with E-state index in [0.717, 1.165) is 0 Å². The summed E-state index contributed by atoms with van der Waals surface area (Å²) < 4.78 is 5.30. The van der Waals surface area contributed by atoms with Crippen molar-refractivity contribution < 1.29 is 19.2 Å². The van der Waals surface area contributed by atoms with E-state index < -0.39 is 12.0 Å². The lowest BCUT2D eigenvalue weighted by Crippen LogP contribution is -2.34. The fourth-order valence-electron chi connectivity index (χ4n) is 2.12. The summed E-state index contributed by atoms with van der Waals surface area (Å²) in [7, 11) is 0. The van der Waals surface area contributed by atoms with Gasteiger partial charge in [0.2, 0.25) is 0 Å². The zero-order valence-electron chi connectivity index (χ0n) is 14.2. The highest BCUT2D eigenvalue weighted by Crippen LogP contribution is 2.26. The number of hydrogen-bond donors (Lipinski definition) is 2. The molecule has 1 unspecified atom stereocenters. The van der Waals surface area contributed by atoms with E-state index in [9.17, 15) is 9.59 Å². The molecule has 0 aliphatic rings. The Hall–Kier alpha value is -2.70. The van der Waals surface area contributed by atoms with Crippen molar-refractivity contribution in [2.45, 2.75) is 45.6 Å². The summed E-state index contributed by atoms with van der Waals surface area (Å²) in [6.45, 7) is 7.54. The molecule has 7 nitrogen and oxygen atoms in total. The molecule has 7 heteroatoms. The average Bonchev–Trinajstić information content (AvgIpc) is 2.96. The molecule has 2 aromatic rings. The van der Waals surface area contributed by atoms with E-state index in [-0.39, 0.29) is 23.6 Å². The van der Waals surface area contributed by atoms with Gasteiger partial charge < -0.3 is 14.9 Å². The number of nitrogens with one attached hydrogen (secondary N) is 1. The number of benzene rings is 1. The third kappa shape index (κ3) is 4.18. The number of nitrogens with zero attached hydrogens (tertiary/aromatic N) is 2. The predicted octanol–water partition coefficient (Wildman–Crippen LogP) is 2.63. The summed E-state index contributed by atoms with van der Waals surface area (Å²) >= 11 is 0. The molecule has 2 N–H and O–H groups in total. The maximum absolute atomic E-state index is 12.4. The summed E-state index contributed by atoms with van der Waals surface area (Å²) in [6, 6.07) is 6.36. The average molecular weight is 331 g/mol. The van der Waals surface area contributed by atoms with Crippen molar-refractivity contribution in [3.05, 3.63) is 35.7 Å². The third-order valence-electron chi connectivity index (χ3n) is 3.36. The van der Waals surface area contributed by atoms with Crippen molar-refractivity contribution in [3.8, 4) is 11.5 Å². The van der Waals surface area contributed by atoms with Gasteiger partial charge in [0.1, 0.15) is 0 Å². The molecule has 1 amide bonds. The third-order valence-corrected chi connectivity index (χ3v) is 3.36. The largest absolute Gasteiger partial charge is 0.481 e. The van der Waals surface area contributed by atoms with Gasteiger partial charge in [-0.05, 0) is 19.1 Å². The molecule has 1 heterocycles. The second-order valence-electron chi connectivity index (χ2n) is 6.69. The molecule has 24 heavy (non-hydrogen) atoms. The summed E-state index contributed by atoms with van der Waals surface area (Å²) in [5.41, 5.74) is 0.606. The Bertz CT molecular complexity index is 746. The molecule has 0 saturated heterocycles. The van der Waals surface area contributed by atoms with Gasteiger partial charge in [-0.25, -0.2) is 0 Å². The summed E-state index contributed by atoms with van der Waals surface area (Å²) in [5.74, 6) is -0.541. The van der Waals surface area contributed by atoms with Crippen molar-refractivity contribution in [2.75, 3.05) is 0 Å². The van der Waals surface area contributed by atoms with Gasteiger partial charge in [-0.1, -0.05) is 38.1 Å². The molecule has 1 aromatic carbocycles. The quantitative estimate of drug-likeness (QED) is 0.872. The van der Waals surface area contributed by atoms with Gasteiger partial charge in [0.25, 0.3) is 11.8 Å². The second kappa shape index (κ2) is 6.82. The van der Waals surface area contributed by atoms with Crippen molar-refractivity contribution in [3.63, 3.8) is 0 Å². The minimum Gasteiger partial charge on any atom is -0.481 e. The number of rotatable bonds is 5. The highest BCUT2D eigenvalue weighted by atomic mass is 16.5. The molecule has 0 bridgehead atoms. The number of amides is 1. The maximum Gasteiger partial charge on any atom is 0.305 e. The Balaban J connectivity index is 2.29. The lowest BCUT2D eigenvalue weighted by atomic mass is 9.96. The van der Waals surface area contributed by atoms with Crippen LogP contribution in [0.1, 0.15) is 50.3 Å². The van der Waals surface area contributed by atoms with E-state index in [1.165, 1.54) is 0 Å². The molecular weight excluding hydrogens is 310 g/mol. The standard InChI is InChI=1S/C17H21N3O4/c1-10(9-13(21)22)18-14(23)11-7-5-6-8-12(11)15-19-16(20-24-15)17(2,3)4/h5-8,10H,9H2,1-4H3,(H,18,23)(H,21,22). The molecule has 128 valence electrons. The minimum absolute atomic E-state index is 0.150. The molecule has 0 spiro atoms. The normalized spacial score (nSPS) is 12.7. The topological polar surface area (TPSA) is 105 Å². The molecular formula is C17H21N3O4. The molecule has 0 aliphatic carbocycles. The van der Waals surface area contributed by atoms with E-state index in [2.05, 4.69) is 15.5 Å². The van der Waals surface area contributed by atoms with Gasteiger partial charge >= 0.3 is 5.97 Å². The summed E-state index contributed by atoms with van der Waals surface area (Å²) in [5, 5.41) is 15.4. The molecule has 2 rings (SSSR count). The smallest absolute Gasteiger partial charge is 0.305 e. The van der Waals surface area contributed by atoms with Crippen LogP contribution in [-0.2, 0) is 10.2 Å². The number of carbonyl (C=O) groups is 2. The van der Waals surface area contributed by atoms with E-state index >= 15 is 0 Å². The zero-order valence-corrected chi connectivity index (χ0v) is 14.2. The van der Waals surface area contributed by atoms with Crippen molar-refractivity contribution >= 4 is 11.9 Å². The second-order valence-corrected chi connectivity index (χ2v) is 6.69. The lowest BCUT2D eigenvalue weighted by molar-refractivity contribution is -0.137. The first kappa shape index (κ1) is 17.7. The van der Waals surface area contributed by atoms with E-state index in [1.54, 1.807) is 31.2 Å². The van der Waals surface area contributed by atoms with Crippen LogP contribution in [-0.4, -0.2) is 33.2 Å².